The Bertz CT molecular complexity index is 924. The third-order valence-corrected chi connectivity index (χ3v) is 4.77. The lowest BCUT2D eigenvalue weighted by Crippen LogP contribution is -2.15. The van der Waals surface area contributed by atoms with Gasteiger partial charge in [-0.3, -0.25) is 4.79 Å². The molecule has 2 heterocycles. The predicted octanol–water partition coefficient (Wildman–Crippen LogP) is 4.79. The quantitative estimate of drug-likeness (QED) is 0.695. The SMILES string of the molecule is O=C(Nc1ccc(N2CCc3ccccc32)cn1)c1cccc(Br)c1. The number of hydrogen-bond acceptors (Lipinski definition) is 3. The van der Waals surface area contributed by atoms with Gasteiger partial charge in [0.1, 0.15) is 5.82 Å². The zero-order valence-electron chi connectivity index (χ0n) is 13.4. The first-order chi connectivity index (χ1) is 12.2. The van der Waals surface area contributed by atoms with Gasteiger partial charge in [0.25, 0.3) is 5.91 Å². The van der Waals surface area contributed by atoms with Crippen molar-refractivity contribution in [2.75, 3.05) is 16.8 Å². The Morgan fingerprint density at radius 3 is 2.76 bits per heavy atom. The second-order valence-electron chi connectivity index (χ2n) is 5.90. The number of nitrogens with one attached hydrogen (secondary N) is 1. The lowest BCUT2D eigenvalue weighted by Gasteiger charge is -2.19. The van der Waals surface area contributed by atoms with Crippen LogP contribution in [0.5, 0.6) is 0 Å². The minimum absolute atomic E-state index is 0.173. The number of rotatable bonds is 3. The van der Waals surface area contributed by atoms with Crippen LogP contribution in [0, 0.1) is 0 Å². The molecule has 1 aromatic heterocycles. The average Bonchev–Trinajstić information content (AvgIpc) is 3.06. The number of halogens is 1. The molecule has 0 atom stereocenters. The molecule has 5 heteroatoms. The van der Waals surface area contributed by atoms with Gasteiger partial charge < -0.3 is 10.2 Å². The summed E-state index contributed by atoms with van der Waals surface area (Å²) in [6.07, 6.45) is 2.84. The van der Waals surface area contributed by atoms with Crippen LogP contribution in [0.4, 0.5) is 17.2 Å². The van der Waals surface area contributed by atoms with Gasteiger partial charge in [-0.1, -0.05) is 40.2 Å². The standard InChI is InChI=1S/C20H16BrN3O/c21-16-6-3-5-15(12-16)20(25)23-19-9-8-17(13-22-19)24-11-10-14-4-1-2-7-18(14)24/h1-9,12-13H,10-11H2,(H,22,23,25). The van der Waals surface area contributed by atoms with Crippen LogP contribution in [-0.2, 0) is 6.42 Å². The van der Waals surface area contributed by atoms with Crippen molar-refractivity contribution in [3.8, 4) is 0 Å². The van der Waals surface area contributed by atoms with E-state index in [1.54, 1.807) is 18.3 Å². The Labute approximate surface area is 154 Å². The van der Waals surface area contributed by atoms with Crippen LogP contribution in [0.25, 0.3) is 0 Å². The monoisotopic (exact) mass is 393 g/mol. The molecule has 0 aliphatic carbocycles. The zero-order valence-corrected chi connectivity index (χ0v) is 15.0. The van der Waals surface area contributed by atoms with Gasteiger partial charge >= 0.3 is 0 Å². The fraction of sp³-hybridized carbons (Fsp3) is 0.100. The molecule has 2 aromatic carbocycles. The van der Waals surface area contributed by atoms with Gasteiger partial charge in [0, 0.05) is 22.3 Å². The van der Waals surface area contributed by atoms with Crippen molar-refractivity contribution in [1.29, 1.82) is 0 Å². The van der Waals surface area contributed by atoms with Gasteiger partial charge in [-0.2, -0.15) is 0 Å². The number of hydrogen-bond donors (Lipinski definition) is 1. The Kier molecular flexibility index (Phi) is 4.24. The van der Waals surface area contributed by atoms with Gasteiger partial charge in [-0.05, 0) is 48.4 Å². The summed E-state index contributed by atoms with van der Waals surface area (Å²) in [5.74, 6) is 0.370. The van der Waals surface area contributed by atoms with E-state index in [-0.39, 0.29) is 5.91 Å². The van der Waals surface area contributed by atoms with Crippen molar-refractivity contribution in [2.45, 2.75) is 6.42 Å². The Balaban J connectivity index is 1.50. The molecule has 0 radical (unpaired) electrons. The lowest BCUT2D eigenvalue weighted by molar-refractivity contribution is 0.102. The maximum atomic E-state index is 12.3. The van der Waals surface area contributed by atoms with Crippen LogP contribution in [0.3, 0.4) is 0 Å². The molecule has 4 nitrogen and oxygen atoms in total. The van der Waals surface area contributed by atoms with E-state index in [0.717, 1.165) is 23.1 Å². The van der Waals surface area contributed by atoms with Gasteiger partial charge in [0.2, 0.25) is 0 Å². The molecule has 124 valence electrons. The maximum absolute atomic E-state index is 12.3. The number of fused-ring (bicyclic) bond motifs is 1. The summed E-state index contributed by atoms with van der Waals surface area (Å²) >= 11 is 3.38. The van der Waals surface area contributed by atoms with Gasteiger partial charge in [-0.15, -0.1) is 0 Å². The van der Waals surface area contributed by atoms with Crippen LogP contribution in [0.15, 0.2) is 71.3 Å². The van der Waals surface area contributed by atoms with Gasteiger partial charge in [-0.25, -0.2) is 4.98 Å². The highest BCUT2D eigenvalue weighted by atomic mass is 79.9. The van der Waals surface area contributed by atoms with Crippen molar-refractivity contribution in [2.24, 2.45) is 0 Å². The Morgan fingerprint density at radius 1 is 1.08 bits per heavy atom. The number of aromatic nitrogens is 1. The molecule has 1 aliphatic heterocycles. The normalized spacial score (nSPS) is 12.8. The molecule has 1 N–H and O–H groups in total. The smallest absolute Gasteiger partial charge is 0.256 e. The molecule has 0 spiro atoms. The van der Waals surface area contributed by atoms with Crippen LogP contribution < -0.4 is 10.2 Å². The average molecular weight is 394 g/mol. The molecule has 4 rings (SSSR count). The fourth-order valence-corrected chi connectivity index (χ4v) is 3.44. The molecule has 0 saturated carbocycles. The van der Waals surface area contributed by atoms with E-state index < -0.39 is 0 Å². The molecule has 0 saturated heterocycles. The second kappa shape index (κ2) is 6.69. The van der Waals surface area contributed by atoms with E-state index in [4.69, 9.17) is 0 Å². The van der Waals surface area contributed by atoms with E-state index in [9.17, 15) is 4.79 Å². The number of pyridine rings is 1. The fourth-order valence-electron chi connectivity index (χ4n) is 3.04. The number of carbonyl (C=O) groups excluding carboxylic acids is 1. The summed E-state index contributed by atoms with van der Waals surface area (Å²) in [5.41, 5.74) is 4.21. The summed E-state index contributed by atoms with van der Waals surface area (Å²) in [7, 11) is 0. The molecule has 3 aromatic rings. The molecule has 1 aliphatic rings. The largest absolute Gasteiger partial charge is 0.340 e. The molecule has 0 fully saturated rings. The van der Waals surface area contributed by atoms with Crippen LogP contribution in [0.1, 0.15) is 15.9 Å². The summed E-state index contributed by atoms with van der Waals surface area (Å²) in [4.78, 5) is 18.9. The molecular formula is C20H16BrN3O. The number of carbonyl (C=O) groups is 1. The molecule has 0 unspecified atom stereocenters. The van der Waals surface area contributed by atoms with Crippen molar-refractivity contribution in [1.82, 2.24) is 4.98 Å². The lowest BCUT2D eigenvalue weighted by atomic mass is 10.2. The minimum atomic E-state index is -0.173. The van der Waals surface area contributed by atoms with Crippen LogP contribution >= 0.6 is 15.9 Å². The first-order valence-corrected chi connectivity index (χ1v) is 8.88. The highest BCUT2D eigenvalue weighted by Crippen LogP contribution is 2.34. The second-order valence-corrected chi connectivity index (χ2v) is 6.81. The topological polar surface area (TPSA) is 45.2 Å². The van der Waals surface area contributed by atoms with Crippen LogP contribution in [-0.4, -0.2) is 17.4 Å². The van der Waals surface area contributed by atoms with Crippen LogP contribution in [0.2, 0.25) is 0 Å². The third kappa shape index (κ3) is 3.28. The number of anilines is 3. The highest BCUT2D eigenvalue weighted by Gasteiger charge is 2.19. The van der Waals surface area contributed by atoms with Crippen molar-refractivity contribution in [3.05, 3.63) is 82.5 Å². The minimum Gasteiger partial charge on any atom is -0.340 e. The zero-order chi connectivity index (χ0) is 17.2. The molecule has 25 heavy (non-hydrogen) atoms. The Hall–Kier alpha value is -2.66. The first kappa shape index (κ1) is 15.8. The molecule has 0 bridgehead atoms. The van der Waals surface area contributed by atoms with E-state index in [2.05, 4.69) is 55.4 Å². The highest BCUT2D eigenvalue weighted by molar-refractivity contribution is 9.10. The summed E-state index contributed by atoms with van der Waals surface area (Å²) in [5, 5.41) is 2.83. The van der Waals surface area contributed by atoms with E-state index in [1.807, 2.05) is 24.3 Å². The Morgan fingerprint density at radius 2 is 1.96 bits per heavy atom. The van der Waals surface area contributed by atoms with Crippen molar-refractivity contribution >= 4 is 39.0 Å². The number of para-hydroxylation sites is 1. The van der Waals surface area contributed by atoms with Gasteiger partial charge in [0.15, 0.2) is 0 Å². The predicted molar refractivity (Wildman–Crippen MR) is 103 cm³/mol. The number of amides is 1. The van der Waals surface area contributed by atoms with E-state index in [0.29, 0.717) is 11.4 Å². The first-order valence-electron chi connectivity index (χ1n) is 8.09. The van der Waals surface area contributed by atoms with E-state index in [1.165, 1.54) is 11.3 Å². The van der Waals surface area contributed by atoms with Crippen molar-refractivity contribution in [3.63, 3.8) is 0 Å². The van der Waals surface area contributed by atoms with Gasteiger partial charge in [0.05, 0.1) is 11.9 Å². The molecular weight excluding hydrogens is 378 g/mol. The summed E-state index contributed by atoms with van der Waals surface area (Å²) < 4.78 is 0.871. The van der Waals surface area contributed by atoms with Crippen molar-refractivity contribution < 1.29 is 4.79 Å². The molecule has 1 amide bonds. The number of benzene rings is 2. The summed E-state index contributed by atoms with van der Waals surface area (Å²) in [6.45, 7) is 0.949. The van der Waals surface area contributed by atoms with E-state index >= 15 is 0 Å². The summed E-state index contributed by atoms with van der Waals surface area (Å²) in [6, 6.07) is 19.5. The number of nitrogens with zero attached hydrogens (tertiary/aromatic N) is 2. The third-order valence-electron chi connectivity index (χ3n) is 4.28. The maximum Gasteiger partial charge on any atom is 0.256 e.